The minimum Gasteiger partial charge on any atom is -0.461 e. The summed E-state index contributed by atoms with van der Waals surface area (Å²) in [5.41, 5.74) is 1.79. The van der Waals surface area contributed by atoms with Gasteiger partial charge in [-0.1, -0.05) is 31.9 Å². The molecule has 28 heavy (non-hydrogen) atoms. The number of quaternary nitrogens is 1. The number of carbonyl (C=O) groups is 2. The summed E-state index contributed by atoms with van der Waals surface area (Å²) in [5.74, 6) is 0.797. The fourth-order valence-corrected chi connectivity index (χ4v) is 6.02. The summed E-state index contributed by atoms with van der Waals surface area (Å²) in [6.07, 6.45) is 7.01. The molecule has 2 aliphatic carbocycles. The van der Waals surface area contributed by atoms with Crippen molar-refractivity contribution in [3.63, 3.8) is 0 Å². The van der Waals surface area contributed by atoms with Crippen LogP contribution in [-0.2, 0) is 14.3 Å². The number of allylic oxidation sites excluding steroid dienone is 1. The van der Waals surface area contributed by atoms with Crippen molar-refractivity contribution in [1.82, 2.24) is 4.90 Å². The van der Waals surface area contributed by atoms with Gasteiger partial charge in [0, 0.05) is 5.92 Å². The van der Waals surface area contributed by atoms with Crippen LogP contribution in [0.25, 0.3) is 0 Å². The molecule has 156 valence electrons. The van der Waals surface area contributed by atoms with E-state index < -0.39 is 0 Å². The van der Waals surface area contributed by atoms with Crippen LogP contribution in [0.4, 0.5) is 4.79 Å². The van der Waals surface area contributed by atoms with Crippen LogP contribution < -0.4 is 4.90 Å². The number of amides is 1. The van der Waals surface area contributed by atoms with Gasteiger partial charge in [-0.3, -0.25) is 9.69 Å². The number of nitrogens with zero attached hydrogens (tertiary/aromatic N) is 1. The van der Waals surface area contributed by atoms with Gasteiger partial charge in [-0.2, -0.15) is 0 Å². The topological polar surface area (TPSA) is 60.3 Å². The van der Waals surface area contributed by atoms with E-state index in [0.717, 1.165) is 26.1 Å². The van der Waals surface area contributed by atoms with Crippen LogP contribution in [0, 0.1) is 23.2 Å². The fourth-order valence-electron chi connectivity index (χ4n) is 6.02. The summed E-state index contributed by atoms with van der Waals surface area (Å²) in [4.78, 5) is 27.8. The molecule has 1 N–H and O–H groups in total. The molecule has 6 heteroatoms. The summed E-state index contributed by atoms with van der Waals surface area (Å²) in [6.45, 7) is 10.9. The number of nitrogens with one attached hydrogen (secondary N) is 1. The van der Waals surface area contributed by atoms with E-state index in [2.05, 4.69) is 19.9 Å². The number of carbonyl (C=O) groups excluding carboxylic acids is 2. The molecule has 2 saturated heterocycles. The third-order valence-electron chi connectivity index (χ3n) is 7.59. The Balaban J connectivity index is 1.42. The van der Waals surface area contributed by atoms with Crippen molar-refractivity contribution in [3.05, 3.63) is 11.6 Å². The smallest absolute Gasteiger partial charge is 0.410 e. The maximum absolute atomic E-state index is 12.7. The second-order valence-corrected chi connectivity index (χ2v) is 9.48. The van der Waals surface area contributed by atoms with E-state index in [1.807, 2.05) is 6.92 Å². The van der Waals surface area contributed by atoms with Crippen molar-refractivity contribution in [2.45, 2.75) is 52.6 Å². The second-order valence-electron chi connectivity index (χ2n) is 9.48. The van der Waals surface area contributed by atoms with Gasteiger partial charge in [0.1, 0.15) is 12.0 Å². The molecular formula is C22H35N2O4+. The number of fused-ring (bicyclic) bond motifs is 2. The molecule has 0 aromatic carbocycles. The molecular weight excluding hydrogens is 356 g/mol. The Morgan fingerprint density at radius 3 is 2.86 bits per heavy atom. The van der Waals surface area contributed by atoms with Gasteiger partial charge in [0.15, 0.2) is 0 Å². The normalized spacial score (nSPS) is 38.3. The average molecular weight is 392 g/mol. The highest BCUT2D eigenvalue weighted by Crippen LogP contribution is 2.53. The first-order valence-electron chi connectivity index (χ1n) is 11.1. The number of hydrogen-bond donors (Lipinski definition) is 1. The number of rotatable bonds is 3. The van der Waals surface area contributed by atoms with Crippen LogP contribution in [0.1, 0.15) is 46.5 Å². The van der Waals surface area contributed by atoms with Gasteiger partial charge in [-0.15, -0.1) is 0 Å². The van der Waals surface area contributed by atoms with Gasteiger partial charge in [-0.25, -0.2) is 4.79 Å². The Morgan fingerprint density at radius 2 is 2.14 bits per heavy atom. The van der Waals surface area contributed by atoms with Crippen LogP contribution >= 0.6 is 0 Å². The monoisotopic (exact) mass is 391 g/mol. The van der Waals surface area contributed by atoms with E-state index in [1.54, 1.807) is 10.5 Å². The molecule has 6 nitrogen and oxygen atoms in total. The molecule has 4 aliphatic rings. The summed E-state index contributed by atoms with van der Waals surface area (Å²) < 4.78 is 11.0. The van der Waals surface area contributed by atoms with Crippen LogP contribution in [0.2, 0.25) is 0 Å². The Labute approximate surface area is 168 Å². The van der Waals surface area contributed by atoms with E-state index in [0.29, 0.717) is 25.6 Å². The highest BCUT2D eigenvalue weighted by Gasteiger charge is 2.52. The van der Waals surface area contributed by atoms with E-state index in [9.17, 15) is 9.59 Å². The maximum atomic E-state index is 12.7. The average Bonchev–Trinajstić information content (AvgIpc) is 2.95. The van der Waals surface area contributed by atoms with Gasteiger partial charge in [0.05, 0.1) is 39.3 Å². The lowest BCUT2D eigenvalue weighted by molar-refractivity contribution is -0.906. The number of hydrogen-bond acceptors (Lipinski definition) is 4. The summed E-state index contributed by atoms with van der Waals surface area (Å²) in [7, 11) is 0. The molecule has 1 saturated carbocycles. The predicted molar refractivity (Wildman–Crippen MR) is 105 cm³/mol. The molecule has 2 heterocycles. The summed E-state index contributed by atoms with van der Waals surface area (Å²) in [5, 5.41) is 0. The van der Waals surface area contributed by atoms with Crippen molar-refractivity contribution in [2.24, 2.45) is 23.2 Å². The fraction of sp³-hybridized carbons (Fsp3) is 0.818. The van der Waals surface area contributed by atoms with Gasteiger partial charge in [-0.05, 0) is 37.5 Å². The van der Waals surface area contributed by atoms with Gasteiger partial charge < -0.3 is 14.4 Å². The van der Waals surface area contributed by atoms with Gasteiger partial charge in [0.25, 0.3) is 0 Å². The Hall–Kier alpha value is -1.56. The molecule has 0 bridgehead atoms. The number of esters is 1. The van der Waals surface area contributed by atoms with Crippen LogP contribution in [-0.4, -0.2) is 62.4 Å². The summed E-state index contributed by atoms with van der Waals surface area (Å²) in [6, 6.07) is 0. The van der Waals surface area contributed by atoms with E-state index in [1.165, 1.54) is 24.2 Å². The minimum atomic E-state index is -0.218. The molecule has 1 amide bonds. The molecule has 0 unspecified atom stereocenters. The summed E-state index contributed by atoms with van der Waals surface area (Å²) >= 11 is 0. The zero-order chi connectivity index (χ0) is 19.9. The SMILES string of the molecule is CCOC(=O)N1CC[NH+](C[C@H]2C(=O)O[C@@H]3C[C@@]4(C)CCC[C@H](C)C4=C[C@@H]32)CC1. The van der Waals surface area contributed by atoms with E-state index in [4.69, 9.17) is 9.47 Å². The highest BCUT2D eigenvalue weighted by molar-refractivity contribution is 5.76. The first-order chi connectivity index (χ1) is 13.4. The molecule has 0 radical (unpaired) electrons. The number of piperazine rings is 1. The van der Waals surface area contributed by atoms with Crippen molar-refractivity contribution in [2.75, 3.05) is 39.3 Å². The van der Waals surface area contributed by atoms with Crippen molar-refractivity contribution >= 4 is 12.1 Å². The molecule has 5 atom stereocenters. The highest BCUT2D eigenvalue weighted by atomic mass is 16.6. The Morgan fingerprint density at radius 1 is 1.39 bits per heavy atom. The lowest BCUT2D eigenvalue weighted by Gasteiger charge is -2.46. The molecule has 0 spiro atoms. The third-order valence-corrected chi connectivity index (χ3v) is 7.59. The number of ether oxygens (including phenoxy) is 2. The van der Waals surface area contributed by atoms with Crippen molar-refractivity contribution in [1.29, 1.82) is 0 Å². The van der Waals surface area contributed by atoms with Gasteiger partial charge in [0.2, 0.25) is 0 Å². The van der Waals surface area contributed by atoms with Crippen LogP contribution in [0.3, 0.4) is 0 Å². The first-order valence-corrected chi connectivity index (χ1v) is 11.1. The van der Waals surface area contributed by atoms with Crippen molar-refractivity contribution < 1.29 is 24.0 Å². The zero-order valence-corrected chi connectivity index (χ0v) is 17.5. The Kier molecular flexibility index (Phi) is 5.43. The molecule has 3 fully saturated rings. The van der Waals surface area contributed by atoms with E-state index >= 15 is 0 Å². The molecule has 0 aromatic rings. The maximum Gasteiger partial charge on any atom is 0.410 e. The lowest BCUT2D eigenvalue weighted by Crippen LogP contribution is -3.15. The predicted octanol–water partition coefficient (Wildman–Crippen LogP) is 1.66. The standard InChI is InChI=1S/C22H34N2O4/c1-4-27-21(26)24-10-8-23(9-11-24)14-17-16-12-18-15(2)6-5-7-22(18,3)13-19(16)28-20(17)25/h12,15-17,19H,4-11,13-14H2,1-3H3/p+1/t15-,16+,17+,19+,22+/m0/s1. The molecule has 2 aliphatic heterocycles. The first kappa shape index (κ1) is 19.7. The van der Waals surface area contributed by atoms with Crippen LogP contribution in [0.5, 0.6) is 0 Å². The quantitative estimate of drug-likeness (QED) is 0.587. The lowest BCUT2D eigenvalue weighted by atomic mass is 9.59. The van der Waals surface area contributed by atoms with Crippen LogP contribution in [0.15, 0.2) is 11.6 Å². The minimum absolute atomic E-state index is 0.0120. The van der Waals surface area contributed by atoms with Gasteiger partial charge >= 0.3 is 12.1 Å². The third kappa shape index (κ3) is 3.56. The second kappa shape index (κ2) is 7.69. The van der Waals surface area contributed by atoms with Crippen molar-refractivity contribution in [3.8, 4) is 0 Å². The molecule has 0 aromatic heterocycles. The largest absolute Gasteiger partial charge is 0.461 e. The van der Waals surface area contributed by atoms with E-state index in [-0.39, 0.29) is 35.4 Å². The zero-order valence-electron chi connectivity index (χ0n) is 17.5. The Bertz CT molecular complexity index is 655. The molecule has 4 rings (SSSR count).